The minimum Gasteiger partial charge on any atom is -0.292 e. The van der Waals surface area contributed by atoms with Gasteiger partial charge in [-0.1, -0.05) is 30.0 Å². The number of thioether (sulfide) groups is 1. The Morgan fingerprint density at radius 2 is 2.18 bits per heavy atom. The van der Waals surface area contributed by atoms with Gasteiger partial charge in [-0.2, -0.15) is 0 Å². The average molecular weight is 355 g/mol. The summed E-state index contributed by atoms with van der Waals surface area (Å²) in [4.78, 5) is 37.4. The molecule has 2 rings (SSSR count). The van der Waals surface area contributed by atoms with Gasteiger partial charge in [-0.25, -0.2) is 0 Å². The highest BCUT2D eigenvalue weighted by atomic mass is 32.2. The third-order valence-electron chi connectivity index (χ3n) is 2.63. The van der Waals surface area contributed by atoms with Crippen molar-refractivity contribution in [3.8, 4) is 0 Å². The Hall–Kier alpha value is -1.71. The summed E-state index contributed by atoms with van der Waals surface area (Å²) >= 11 is 7.94. The number of thiocarbonyl (C=S) groups is 1. The molecule has 0 spiro atoms. The molecule has 116 valence electrons. The molecular weight excluding hydrogens is 342 g/mol. The molecule has 1 aromatic heterocycles. The van der Waals surface area contributed by atoms with Gasteiger partial charge < -0.3 is 0 Å². The number of hydrogen-bond acceptors (Lipinski definition) is 6. The maximum absolute atomic E-state index is 12.3. The van der Waals surface area contributed by atoms with Crippen LogP contribution in [0.1, 0.15) is 18.2 Å². The molecule has 22 heavy (non-hydrogen) atoms. The van der Waals surface area contributed by atoms with Crippen LogP contribution in [-0.4, -0.2) is 33.5 Å². The first-order valence-electron chi connectivity index (χ1n) is 6.31. The van der Waals surface area contributed by atoms with Crippen LogP contribution in [0.15, 0.2) is 22.4 Å². The molecule has 0 aliphatic carbocycles. The van der Waals surface area contributed by atoms with Crippen molar-refractivity contribution in [3.05, 3.63) is 27.3 Å². The second kappa shape index (κ2) is 7.52. The van der Waals surface area contributed by atoms with E-state index in [0.29, 0.717) is 9.23 Å². The third kappa shape index (κ3) is 4.39. The Labute approximate surface area is 140 Å². The van der Waals surface area contributed by atoms with Crippen molar-refractivity contribution in [1.82, 2.24) is 15.8 Å². The van der Waals surface area contributed by atoms with E-state index in [0.717, 1.165) is 4.88 Å². The molecule has 6 nitrogen and oxygen atoms in total. The lowest BCUT2D eigenvalue weighted by Crippen LogP contribution is -2.42. The molecule has 1 fully saturated rings. The van der Waals surface area contributed by atoms with Gasteiger partial charge in [0.1, 0.15) is 4.32 Å². The number of hydrazine groups is 1. The van der Waals surface area contributed by atoms with Gasteiger partial charge in [0, 0.05) is 24.8 Å². The average Bonchev–Trinajstić information content (AvgIpc) is 3.05. The molecule has 9 heteroatoms. The molecule has 1 aromatic rings. The summed E-state index contributed by atoms with van der Waals surface area (Å²) in [6.07, 6.45) is 1.85. The highest BCUT2D eigenvalue weighted by molar-refractivity contribution is 8.26. The fourth-order valence-electron chi connectivity index (χ4n) is 1.63. The van der Waals surface area contributed by atoms with Gasteiger partial charge in [0.25, 0.3) is 5.91 Å². The normalized spacial score (nSPS) is 16.2. The SMILES string of the molecule is CC(=O)NNC(=O)CCN1C(=O)C(=Cc2cccs2)SC1=S. The highest BCUT2D eigenvalue weighted by Gasteiger charge is 2.32. The minimum absolute atomic E-state index is 0.0546. The maximum atomic E-state index is 12.3. The van der Waals surface area contributed by atoms with Crippen molar-refractivity contribution in [2.75, 3.05) is 6.54 Å². The lowest BCUT2D eigenvalue weighted by Gasteiger charge is -2.14. The Kier molecular flexibility index (Phi) is 5.69. The standard InChI is InChI=1S/C13H13N3O3S3/c1-8(17)14-15-11(18)4-5-16-12(19)10(22-13(16)20)7-9-3-2-6-21-9/h2-3,6-7H,4-5H2,1H3,(H,14,17)(H,15,18). The van der Waals surface area contributed by atoms with Gasteiger partial charge in [0.05, 0.1) is 4.91 Å². The number of thiophene rings is 1. The summed E-state index contributed by atoms with van der Waals surface area (Å²) in [5.74, 6) is -0.944. The monoisotopic (exact) mass is 355 g/mol. The van der Waals surface area contributed by atoms with Crippen LogP contribution in [0.5, 0.6) is 0 Å². The van der Waals surface area contributed by atoms with E-state index >= 15 is 0 Å². The lowest BCUT2D eigenvalue weighted by atomic mass is 10.3. The number of amides is 3. The molecule has 0 atom stereocenters. The van der Waals surface area contributed by atoms with Gasteiger partial charge in [0.15, 0.2) is 0 Å². The molecule has 2 heterocycles. The molecule has 0 unspecified atom stereocenters. The van der Waals surface area contributed by atoms with Gasteiger partial charge in [-0.05, 0) is 17.5 Å². The summed E-state index contributed by atoms with van der Waals surface area (Å²) in [5, 5.41) is 1.93. The van der Waals surface area contributed by atoms with Crippen LogP contribution in [0.25, 0.3) is 6.08 Å². The van der Waals surface area contributed by atoms with Crippen molar-refractivity contribution < 1.29 is 14.4 Å². The predicted octanol–water partition coefficient (Wildman–Crippen LogP) is 1.51. The molecule has 1 aliphatic heterocycles. The first kappa shape index (κ1) is 16.7. The molecule has 2 N–H and O–H groups in total. The third-order valence-corrected chi connectivity index (χ3v) is 4.83. The number of carbonyl (C=O) groups is 3. The van der Waals surface area contributed by atoms with Crippen LogP contribution in [0.4, 0.5) is 0 Å². The van der Waals surface area contributed by atoms with E-state index < -0.39 is 0 Å². The molecule has 0 saturated carbocycles. The zero-order chi connectivity index (χ0) is 16.1. The molecule has 0 aromatic carbocycles. The maximum Gasteiger partial charge on any atom is 0.266 e. The van der Waals surface area contributed by atoms with Crippen LogP contribution in [0.2, 0.25) is 0 Å². The number of carbonyl (C=O) groups excluding carboxylic acids is 3. The van der Waals surface area contributed by atoms with Crippen LogP contribution in [0.3, 0.4) is 0 Å². The van der Waals surface area contributed by atoms with Crippen molar-refractivity contribution >= 4 is 63.4 Å². The zero-order valence-electron chi connectivity index (χ0n) is 11.6. The molecule has 1 saturated heterocycles. The number of nitrogens with one attached hydrogen (secondary N) is 2. The number of hydrogen-bond donors (Lipinski definition) is 2. The molecule has 1 aliphatic rings. The smallest absolute Gasteiger partial charge is 0.266 e. The molecular formula is C13H13N3O3S3. The van der Waals surface area contributed by atoms with Crippen molar-refractivity contribution in [2.24, 2.45) is 0 Å². The van der Waals surface area contributed by atoms with Crippen molar-refractivity contribution in [1.29, 1.82) is 0 Å². The fraction of sp³-hybridized carbons (Fsp3) is 0.231. The van der Waals surface area contributed by atoms with Crippen LogP contribution in [-0.2, 0) is 14.4 Å². The van der Waals surface area contributed by atoms with E-state index in [9.17, 15) is 14.4 Å². The summed E-state index contributed by atoms with van der Waals surface area (Å²) in [7, 11) is 0. The van der Waals surface area contributed by atoms with Crippen molar-refractivity contribution in [3.63, 3.8) is 0 Å². The fourth-order valence-corrected chi connectivity index (χ4v) is 3.66. The zero-order valence-corrected chi connectivity index (χ0v) is 14.1. The van der Waals surface area contributed by atoms with Gasteiger partial charge >= 0.3 is 0 Å². The van der Waals surface area contributed by atoms with E-state index in [1.165, 1.54) is 34.9 Å². The minimum atomic E-state index is -0.383. The molecule has 0 bridgehead atoms. The Morgan fingerprint density at radius 1 is 1.41 bits per heavy atom. The summed E-state index contributed by atoms with van der Waals surface area (Å²) in [5.41, 5.74) is 4.44. The number of nitrogens with zero attached hydrogens (tertiary/aromatic N) is 1. The Morgan fingerprint density at radius 3 is 2.82 bits per heavy atom. The Bertz CT molecular complexity index is 640. The second-order valence-electron chi connectivity index (χ2n) is 4.33. The largest absolute Gasteiger partial charge is 0.292 e. The quantitative estimate of drug-likeness (QED) is 0.486. The van der Waals surface area contributed by atoms with Gasteiger partial charge in [-0.3, -0.25) is 30.1 Å². The van der Waals surface area contributed by atoms with Gasteiger partial charge in [-0.15, -0.1) is 11.3 Å². The summed E-state index contributed by atoms with van der Waals surface area (Å²) in [6.45, 7) is 1.47. The number of rotatable bonds is 4. The molecule has 3 amide bonds. The highest BCUT2D eigenvalue weighted by Crippen LogP contribution is 2.33. The van der Waals surface area contributed by atoms with E-state index in [1.807, 2.05) is 17.5 Å². The van der Waals surface area contributed by atoms with Crippen molar-refractivity contribution in [2.45, 2.75) is 13.3 Å². The predicted molar refractivity (Wildman–Crippen MR) is 90.8 cm³/mol. The van der Waals surface area contributed by atoms with Crippen LogP contribution in [0, 0.1) is 0 Å². The van der Waals surface area contributed by atoms with Crippen LogP contribution < -0.4 is 10.9 Å². The summed E-state index contributed by atoms with van der Waals surface area (Å²) < 4.78 is 0.431. The van der Waals surface area contributed by atoms with Gasteiger partial charge in [0.2, 0.25) is 11.8 Å². The first-order chi connectivity index (χ1) is 10.5. The van der Waals surface area contributed by atoms with E-state index in [1.54, 1.807) is 6.08 Å². The topological polar surface area (TPSA) is 78.5 Å². The second-order valence-corrected chi connectivity index (χ2v) is 6.98. The molecule has 0 radical (unpaired) electrons. The summed E-state index contributed by atoms with van der Waals surface area (Å²) in [6, 6.07) is 3.82. The van der Waals surface area contributed by atoms with E-state index in [4.69, 9.17) is 12.2 Å². The van der Waals surface area contributed by atoms with E-state index in [2.05, 4.69) is 10.9 Å². The lowest BCUT2D eigenvalue weighted by molar-refractivity contribution is -0.128. The first-order valence-corrected chi connectivity index (χ1v) is 8.42. The van der Waals surface area contributed by atoms with Crippen LogP contribution >= 0.6 is 35.3 Å². The van der Waals surface area contributed by atoms with E-state index in [-0.39, 0.29) is 30.7 Å². The Balaban J connectivity index is 1.92.